The molecule has 0 saturated heterocycles. The van der Waals surface area contributed by atoms with Crippen molar-refractivity contribution in [2.24, 2.45) is 0 Å². The number of amides is 1. The van der Waals surface area contributed by atoms with Gasteiger partial charge in [-0.05, 0) is 12.8 Å². The van der Waals surface area contributed by atoms with Gasteiger partial charge in [-0.1, -0.05) is 0 Å². The molecule has 104 valence electrons. The summed E-state index contributed by atoms with van der Waals surface area (Å²) in [5.41, 5.74) is 0.0694. The monoisotopic (exact) mass is 283 g/mol. The van der Waals surface area contributed by atoms with Crippen LogP contribution in [0.15, 0.2) is 5.38 Å². The van der Waals surface area contributed by atoms with Crippen LogP contribution in [0.2, 0.25) is 0 Å². The van der Waals surface area contributed by atoms with Gasteiger partial charge in [-0.15, -0.1) is 11.3 Å². The van der Waals surface area contributed by atoms with Crippen molar-refractivity contribution in [2.45, 2.75) is 31.7 Å². The Morgan fingerprint density at radius 2 is 2.21 bits per heavy atom. The molecule has 1 heterocycles. The van der Waals surface area contributed by atoms with E-state index in [1.54, 1.807) is 0 Å². The number of thiazole rings is 1. The van der Waals surface area contributed by atoms with Gasteiger partial charge in [-0.25, -0.2) is 9.78 Å². The number of carbonyl (C=O) groups excluding carboxylic acids is 1. The lowest BCUT2D eigenvalue weighted by atomic mass is 10.3. The minimum Gasteiger partial charge on any atom is -0.476 e. The van der Waals surface area contributed by atoms with Crippen LogP contribution in [-0.4, -0.2) is 41.1 Å². The molecule has 0 bridgehead atoms. The van der Waals surface area contributed by atoms with E-state index in [-0.39, 0.29) is 11.6 Å². The molecule has 1 aromatic rings. The summed E-state index contributed by atoms with van der Waals surface area (Å²) in [5, 5.41) is 17.0. The molecule has 19 heavy (non-hydrogen) atoms. The molecule has 6 nitrogen and oxygen atoms in total. The number of aromatic carboxylic acids is 1. The first-order chi connectivity index (χ1) is 9.15. The van der Waals surface area contributed by atoms with Gasteiger partial charge in [0.05, 0.1) is 5.01 Å². The summed E-state index contributed by atoms with van der Waals surface area (Å²) < 4.78 is 0. The molecule has 2 rings (SSSR count). The van der Waals surface area contributed by atoms with Crippen molar-refractivity contribution in [2.75, 3.05) is 13.1 Å². The van der Waals surface area contributed by atoms with Crippen LogP contribution in [0.5, 0.6) is 0 Å². The number of hydrogen-bond donors (Lipinski definition) is 3. The molecule has 1 aliphatic rings. The SMILES string of the molecule is O=C(CCNC1CC1)NCCc1nc(C(=O)O)cs1. The van der Waals surface area contributed by atoms with Crippen molar-refractivity contribution >= 4 is 23.2 Å². The second-order valence-electron chi connectivity index (χ2n) is 4.51. The van der Waals surface area contributed by atoms with E-state index >= 15 is 0 Å². The third-order valence-electron chi connectivity index (χ3n) is 2.79. The molecule has 0 aliphatic heterocycles. The molecule has 1 fully saturated rings. The first kappa shape index (κ1) is 14.0. The summed E-state index contributed by atoms with van der Waals surface area (Å²) in [4.78, 5) is 26.1. The van der Waals surface area contributed by atoms with Crippen molar-refractivity contribution in [3.63, 3.8) is 0 Å². The summed E-state index contributed by atoms with van der Waals surface area (Å²) in [6, 6.07) is 0.623. The maximum absolute atomic E-state index is 11.5. The van der Waals surface area contributed by atoms with Crippen molar-refractivity contribution < 1.29 is 14.7 Å². The summed E-state index contributed by atoms with van der Waals surface area (Å²) in [5.74, 6) is -0.999. The van der Waals surface area contributed by atoms with Crippen LogP contribution in [-0.2, 0) is 11.2 Å². The standard InChI is InChI=1S/C12H17N3O3S/c16-10(3-5-13-8-1-2-8)14-6-4-11-15-9(7-19-11)12(17)18/h7-8,13H,1-6H2,(H,14,16)(H,17,18). The highest BCUT2D eigenvalue weighted by molar-refractivity contribution is 7.09. The highest BCUT2D eigenvalue weighted by atomic mass is 32.1. The van der Waals surface area contributed by atoms with E-state index in [1.165, 1.54) is 29.6 Å². The average Bonchev–Trinajstić information content (AvgIpc) is 3.05. The number of nitrogens with zero attached hydrogens (tertiary/aromatic N) is 1. The second-order valence-corrected chi connectivity index (χ2v) is 5.45. The van der Waals surface area contributed by atoms with E-state index in [4.69, 9.17) is 5.11 Å². The molecule has 0 spiro atoms. The van der Waals surface area contributed by atoms with Crippen LogP contribution in [0.3, 0.4) is 0 Å². The number of rotatable bonds is 8. The van der Waals surface area contributed by atoms with Crippen LogP contribution in [0.1, 0.15) is 34.8 Å². The molecule has 0 atom stereocenters. The number of carbonyl (C=O) groups is 2. The van der Waals surface area contributed by atoms with Gasteiger partial charge in [0.1, 0.15) is 0 Å². The largest absolute Gasteiger partial charge is 0.476 e. The molecule has 1 aliphatic carbocycles. The smallest absolute Gasteiger partial charge is 0.355 e. The summed E-state index contributed by atoms with van der Waals surface area (Å²) in [7, 11) is 0. The second kappa shape index (κ2) is 6.63. The Hall–Kier alpha value is -1.47. The van der Waals surface area contributed by atoms with E-state index in [2.05, 4.69) is 15.6 Å². The van der Waals surface area contributed by atoms with Gasteiger partial charge in [0, 0.05) is 37.4 Å². The van der Waals surface area contributed by atoms with Crippen molar-refractivity contribution in [3.05, 3.63) is 16.1 Å². The Balaban J connectivity index is 1.59. The molecular weight excluding hydrogens is 266 g/mol. The first-order valence-corrected chi connectivity index (χ1v) is 7.21. The Morgan fingerprint density at radius 3 is 2.84 bits per heavy atom. The number of carboxylic acids is 1. The third-order valence-corrected chi connectivity index (χ3v) is 3.70. The number of carboxylic acid groups (broad SMARTS) is 1. The van der Waals surface area contributed by atoms with E-state index < -0.39 is 5.97 Å². The maximum atomic E-state index is 11.5. The predicted molar refractivity (Wildman–Crippen MR) is 71.4 cm³/mol. The minimum atomic E-state index is -1.02. The molecular formula is C12H17N3O3S. The molecule has 1 saturated carbocycles. The zero-order valence-corrected chi connectivity index (χ0v) is 11.3. The molecule has 1 amide bonds. The summed E-state index contributed by atoms with van der Waals surface area (Å²) in [6.45, 7) is 1.21. The molecule has 3 N–H and O–H groups in total. The zero-order valence-electron chi connectivity index (χ0n) is 10.5. The predicted octanol–water partition coefficient (Wildman–Crippen LogP) is 0.642. The fourth-order valence-corrected chi connectivity index (χ4v) is 2.37. The zero-order chi connectivity index (χ0) is 13.7. The molecule has 0 unspecified atom stereocenters. The van der Waals surface area contributed by atoms with E-state index in [1.807, 2.05) is 0 Å². The van der Waals surface area contributed by atoms with Crippen LogP contribution < -0.4 is 10.6 Å². The lowest BCUT2D eigenvalue weighted by Crippen LogP contribution is -2.29. The molecule has 0 radical (unpaired) electrons. The van der Waals surface area contributed by atoms with Gasteiger partial charge < -0.3 is 15.7 Å². The molecule has 1 aromatic heterocycles. The highest BCUT2D eigenvalue weighted by Gasteiger charge is 2.20. The molecule has 0 aromatic carbocycles. The van der Waals surface area contributed by atoms with E-state index in [0.29, 0.717) is 25.4 Å². The lowest BCUT2D eigenvalue weighted by molar-refractivity contribution is -0.120. The normalized spacial score (nSPS) is 14.3. The Morgan fingerprint density at radius 1 is 1.42 bits per heavy atom. The van der Waals surface area contributed by atoms with Gasteiger partial charge in [-0.2, -0.15) is 0 Å². The van der Waals surface area contributed by atoms with Gasteiger partial charge >= 0.3 is 5.97 Å². The third kappa shape index (κ3) is 4.96. The van der Waals surface area contributed by atoms with Crippen molar-refractivity contribution in [1.29, 1.82) is 0 Å². The van der Waals surface area contributed by atoms with Crippen LogP contribution in [0.4, 0.5) is 0 Å². The maximum Gasteiger partial charge on any atom is 0.355 e. The van der Waals surface area contributed by atoms with E-state index in [9.17, 15) is 9.59 Å². The Labute approximate surface area is 115 Å². The lowest BCUT2D eigenvalue weighted by Gasteiger charge is -2.04. The number of nitrogens with one attached hydrogen (secondary N) is 2. The van der Waals surface area contributed by atoms with Crippen molar-refractivity contribution in [3.8, 4) is 0 Å². The quantitative estimate of drug-likeness (QED) is 0.651. The van der Waals surface area contributed by atoms with Gasteiger partial charge in [0.15, 0.2) is 5.69 Å². The van der Waals surface area contributed by atoms with E-state index in [0.717, 1.165) is 11.6 Å². The Kier molecular flexibility index (Phi) is 4.86. The number of hydrogen-bond acceptors (Lipinski definition) is 5. The Bertz CT molecular complexity index is 457. The van der Waals surface area contributed by atoms with Gasteiger partial charge in [-0.3, -0.25) is 4.79 Å². The van der Waals surface area contributed by atoms with Gasteiger partial charge in [0.25, 0.3) is 0 Å². The highest BCUT2D eigenvalue weighted by Crippen LogP contribution is 2.18. The fraction of sp³-hybridized carbons (Fsp3) is 0.583. The topological polar surface area (TPSA) is 91.3 Å². The minimum absolute atomic E-state index is 0.0168. The van der Waals surface area contributed by atoms with Crippen LogP contribution in [0, 0.1) is 0 Å². The van der Waals surface area contributed by atoms with Crippen LogP contribution >= 0.6 is 11.3 Å². The number of aromatic nitrogens is 1. The summed E-state index contributed by atoms with van der Waals surface area (Å²) >= 11 is 1.30. The average molecular weight is 283 g/mol. The fourth-order valence-electron chi connectivity index (χ4n) is 1.60. The summed E-state index contributed by atoms with van der Waals surface area (Å²) in [6.07, 6.45) is 3.49. The van der Waals surface area contributed by atoms with Crippen molar-refractivity contribution in [1.82, 2.24) is 15.6 Å². The van der Waals surface area contributed by atoms with Gasteiger partial charge in [0.2, 0.25) is 5.91 Å². The van der Waals surface area contributed by atoms with Crippen LogP contribution in [0.25, 0.3) is 0 Å². The first-order valence-electron chi connectivity index (χ1n) is 6.33. The molecule has 7 heteroatoms.